The molecule has 0 aliphatic carbocycles. The third-order valence-corrected chi connectivity index (χ3v) is 3.63. The lowest BCUT2D eigenvalue weighted by Gasteiger charge is -2.24. The molecule has 2 nitrogen and oxygen atoms in total. The predicted molar refractivity (Wildman–Crippen MR) is 87.2 cm³/mol. The number of para-hydroxylation sites is 1. The van der Waals surface area contributed by atoms with Crippen LogP contribution in [0.2, 0.25) is 0 Å². The van der Waals surface area contributed by atoms with Crippen LogP contribution in [0.15, 0.2) is 60.7 Å². The Kier molecular flexibility index (Phi) is 5.63. The molecule has 0 fully saturated rings. The molecule has 0 radical (unpaired) electrons. The maximum absolute atomic E-state index is 3.59. The number of nitrogens with zero attached hydrogens (tertiary/aromatic N) is 1. The van der Waals surface area contributed by atoms with Crippen molar-refractivity contribution < 1.29 is 0 Å². The molecule has 20 heavy (non-hydrogen) atoms. The van der Waals surface area contributed by atoms with Crippen LogP contribution in [0.5, 0.6) is 0 Å². The average molecular weight is 268 g/mol. The summed E-state index contributed by atoms with van der Waals surface area (Å²) in [5.41, 5.74) is 2.64. The van der Waals surface area contributed by atoms with Crippen molar-refractivity contribution in [1.29, 1.82) is 0 Å². The van der Waals surface area contributed by atoms with E-state index >= 15 is 0 Å². The first-order chi connectivity index (χ1) is 9.81. The number of likely N-dealkylation sites (N-methyl/N-ethyl adjacent to an activating group) is 1. The van der Waals surface area contributed by atoms with Crippen molar-refractivity contribution in [2.75, 3.05) is 24.5 Å². The Labute approximate surface area is 122 Å². The van der Waals surface area contributed by atoms with E-state index in [0.717, 1.165) is 19.6 Å². The van der Waals surface area contributed by atoms with E-state index in [4.69, 9.17) is 0 Å². The van der Waals surface area contributed by atoms with Crippen LogP contribution in [0.1, 0.15) is 25.5 Å². The van der Waals surface area contributed by atoms with Gasteiger partial charge in [0.05, 0.1) is 0 Å². The van der Waals surface area contributed by atoms with Gasteiger partial charge < -0.3 is 10.2 Å². The van der Waals surface area contributed by atoms with E-state index in [-0.39, 0.29) is 0 Å². The molecule has 0 heterocycles. The van der Waals surface area contributed by atoms with E-state index in [0.29, 0.717) is 6.04 Å². The van der Waals surface area contributed by atoms with Gasteiger partial charge in [0.15, 0.2) is 0 Å². The van der Waals surface area contributed by atoms with Crippen LogP contribution in [0.3, 0.4) is 0 Å². The van der Waals surface area contributed by atoms with Crippen molar-refractivity contribution in [1.82, 2.24) is 5.32 Å². The highest BCUT2D eigenvalue weighted by atomic mass is 15.1. The standard InChI is InChI=1S/C18H24N2/c1-3-20(18-12-8-5-9-13-18)15-14-19-16(2)17-10-6-4-7-11-17/h4-13,16,19H,3,14-15H2,1-2H3. The van der Waals surface area contributed by atoms with Gasteiger partial charge in [0.2, 0.25) is 0 Å². The zero-order valence-electron chi connectivity index (χ0n) is 12.4. The SMILES string of the molecule is CCN(CCNC(C)c1ccccc1)c1ccccc1. The molecule has 0 aliphatic heterocycles. The second-order valence-electron chi connectivity index (χ2n) is 5.00. The molecule has 0 bridgehead atoms. The van der Waals surface area contributed by atoms with E-state index < -0.39 is 0 Å². The average Bonchev–Trinajstić information content (AvgIpc) is 2.53. The molecule has 1 atom stereocenters. The summed E-state index contributed by atoms with van der Waals surface area (Å²) in [6.07, 6.45) is 0. The Morgan fingerprint density at radius 2 is 1.55 bits per heavy atom. The van der Waals surface area contributed by atoms with Crippen LogP contribution in [0.4, 0.5) is 5.69 Å². The van der Waals surface area contributed by atoms with Gasteiger partial charge in [-0.25, -0.2) is 0 Å². The summed E-state index contributed by atoms with van der Waals surface area (Å²) in [5, 5.41) is 3.59. The Morgan fingerprint density at radius 1 is 0.950 bits per heavy atom. The molecule has 106 valence electrons. The van der Waals surface area contributed by atoms with Crippen LogP contribution in [-0.4, -0.2) is 19.6 Å². The van der Waals surface area contributed by atoms with E-state index in [9.17, 15) is 0 Å². The number of rotatable bonds is 7. The number of benzene rings is 2. The Hall–Kier alpha value is -1.80. The summed E-state index contributed by atoms with van der Waals surface area (Å²) < 4.78 is 0. The largest absolute Gasteiger partial charge is 0.371 e. The summed E-state index contributed by atoms with van der Waals surface area (Å²) in [4.78, 5) is 2.39. The topological polar surface area (TPSA) is 15.3 Å². The van der Waals surface area contributed by atoms with Gasteiger partial charge in [-0.3, -0.25) is 0 Å². The van der Waals surface area contributed by atoms with E-state index in [1.807, 2.05) is 0 Å². The zero-order valence-corrected chi connectivity index (χ0v) is 12.4. The van der Waals surface area contributed by atoms with Crippen molar-refractivity contribution in [2.45, 2.75) is 19.9 Å². The highest BCUT2D eigenvalue weighted by Crippen LogP contribution is 2.13. The summed E-state index contributed by atoms with van der Waals surface area (Å²) in [6.45, 7) is 7.46. The van der Waals surface area contributed by atoms with Crippen molar-refractivity contribution >= 4 is 5.69 Å². The first kappa shape index (κ1) is 14.6. The minimum atomic E-state index is 0.394. The van der Waals surface area contributed by atoms with Gasteiger partial charge in [-0.1, -0.05) is 48.5 Å². The van der Waals surface area contributed by atoms with Gasteiger partial charge >= 0.3 is 0 Å². The smallest absolute Gasteiger partial charge is 0.0366 e. The summed E-state index contributed by atoms with van der Waals surface area (Å²) >= 11 is 0. The van der Waals surface area contributed by atoms with E-state index in [1.165, 1.54) is 11.3 Å². The van der Waals surface area contributed by atoms with Gasteiger partial charge in [-0.15, -0.1) is 0 Å². The van der Waals surface area contributed by atoms with E-state index in [2.05, 4.69) is 84.7 Å². The number of hydrogen-bond acceptors (Lipinski definition) is 2. The fraction of sp³-hybridized carbons (Fsp3) is 0.333. The second kappa shape index (κ2) is 7.71. The Balaban J connectivity index is 1.83. The van der Waals surface area contributed by atoms with Crippen LogP contribution in [-0.2, 0) is 0 Å². The van der Waals surface area contributed by atoms with Crippen LogP contribution >= 0.6 is 0 Å². The van der Waals surface area contributed by atoms with Gasteiger partial charge in [-0.05, 0) is 31.5 Å². The maximum atomic E-state index is 3.59. The molecule has 0 saturated heterocycles. The van der Waals surface area contributed by atoms with Crippen molar-refractivity contribution in [3.63, 3.8) is 0 Å². The lowest BCUT2D eigenvalue weighted by Crippen LogP contribution is -2.33. The zero-order chi connectivity index (χ0) is 14.2. The van der Waals surface area contributed by atoms with Gasteiger partial charge in [0, 0.05) is 31.4 Å². The molecule has 0 saturated carbocycles. The van der Waals surface area contributed by atoms with Gasteiger partial charge in [0.1, 0.15) is 0 Å². The number of anilines is 1. The molecule has 0 spiro atoms. The minimum absolute atomic E-state index is 0.394. The van der Waals surface area contributed by atoms with Crippen LogP contribution in [0, 0.1) is 0 Å². The second-order valence-corrected chi connectivity index (χ2v) is 5.00. The Bertz CT molecular complexity index is 481. The highest BCUT2D eigenvalue weighted by molar-refractivity contribution is 5.45. The first-order valence-corrected chi connectivity index (χ1v) is 7.39. The third-order valence-electron chi connectivity index (χ3n) is 3.63. The highest BCUT2D eigenvalue weighted by Gasteiger charge is 2.06. The monoisotopic (exact) mass is 268 g/mol. The van der Waals surface area contributed by atoms with Gasteiger partial charge in [-0.2, -0.15) is 0 Å². The molecule has 0 amide bonds. The molecular weight excluding hydrogens is 244 g/mol. The molecular formula is C18H24N2. The lowest BCUT2D eigenvalue weighted by molar-refractivity contribution is 0.571. The fourth-order valence-corrected chi connectivity index (χ4v) is 2.38. The minimum Gasteiger partial charge on any atom is -0.371 e. The normalized spacial score (nSPS) is 12.1. The van der Waals surface area contributed by atoms with Crippen LogP contribution < -0.4 is 10.2 Å². The summed E-state index contributed by atoms with van der Waals surface area (Å²) in [5.74, 6) is 0. The predicted octanol–water partition coefficient (Wildman–Crippen LogP) is 3.86. The van der Waals surface area contributed by atoms with Crippen LogP contribution in [0.25, 0.3) is 0 Å². The molecule has 2 rings (SSSR count). The Morgan fingerprint density at radius 3 is 2.15 bits per heavy atom. The summed E-state index contributed by atoms with van der Waals surface area (Å²) in [7, 11) is 0. The maximum Gasteiger partial charge on any atom is 0.0366 e. The molecule has 1 unspecified atom stereocenters. The number of nitrogens with one attached hydrogen (secondary N) is 1. The van der Waals surface area contributed by atoms with Crippen molar-refractivity contribution in [3.05, 3.63) is 66.2 Å². The lowest BCUT2D eigenvalue weighted by atomic mass is 10.1. The number of hydrogen-bond donors (Lipinski definition) is 1. The molecule has 2 heteroatoms. The van der Waals surface area contributed by atoms with Gasteiger partial charge in [0.25, 0.3) is 0 Å². The molecule has 2 aromatic carbocycles. The third kappa shape index (κ3) is 4.10. The quantitative estimate of drug-likeness (QED) is 0.820. The van der Waals surface area contributed by atoms with Crippen molar-refractivity contribution in [3.8, 4) is 0 Å². The molecule has 2 aromatic rings. The molecule has 0 aromatic heterocycles. The summed E-state index contributed by atoms with van der Waals surface area (Å²) in [6, 6.07) is 21.6. The fourth-order valence-electron chi connectivity index (χ4n) is 2.38. The first-order valence-electron chi connectivity index (χ1n) is 7.39. The molecule has 0 aliphatic rings. The van der Waals surface area contributed by atoms with Crippen molar-refractivity contribution in [2.24, 2.45) is 0 Å². The molecule has 1 N–H and O–H groups in total. The van der Waals surface area contributed by atoms with E-state index in [1.54, 1.807) is 0 Å².